The average Bonchev–Trinajstić information content (AvgIpc) is 2.41. The predicted molar refractivity (Wildman–Crippen MR) is 76.0 cm³/mol. The van der Waals surface area contributed by atoms with Crippen LogP contribution in [0, 0.1) is 17.0 Å². The Morgan fingerprint density at radius 3 is 2.50 bits per heavy atom. The van der Waals surface area contributed by atoms with Crippen LogP contribution in [-0.2, 0) is 0 Å². The lowest BCUT2D eigenvalue weighted by molar-refractivity contribution is -0.398. The Morgan fingerprint density at radius 1 is 1.25 bits per heavy atom. The van der Waals surface area contributed by atoms with Crippen molar-refractivity contribution in [1.29, 1.82) is 0 Å². The highest BCUT2D eigenvalue weighted by Crippen LogP contribution is 2.30. The number of nitro benzene ring substituents is 1. The fourth-order valence-corrected chi connectivity index (χ4v) is 1.83. The van der Waals surface area contributed by atoms with Gasteiger partial charge in [-0.15, -0.1) is 0 Å². The number of rotatable bonds is 3. The van der Waals surface area contributed by atoms with Crippen LogP contribution in [0.5, 0.6) is 5.75 Å². The molecule has 0 heterocycles. The molecule has 0 fully saturated rings. The molecule has 0 aliphatic heterocycles. The summed E-state index contributed by atoms with van der Waals surface area (Å²) in [7, 11) is 0. The maximum Gasteiger partial charge on any atom is 0.263 e. The van der Waals surface area contributed by atoms with E-state index < -0.39 is 16.4 Å². The molecule has 2 aromatic rings. The quantitative estimate of drug-likeness (QED) is 0.493. The molecule has 0 amide bonds. The van der Waals surface area contributed by atoms with Gasteiger partial charge < -0.3 is 5.11 Å². The third-order valence-corrected chi connectivity index (χ3v) is 2.86. The van der Waals surface area contributed by atoms with Crippen molar-refractivity contribution in [3.05, 3.63) is 62.7 Å². The van der Waals surface area contributed by atoms with E-state index in [9.17, 15) is 15.2 Å². The van der Waals surface area contributed by atoms with E-state index in [4.69, 9.17) is 11.6 Å². The van der Waals surface area contributed by atoms with Gasteiger partial charge in [0.1, 0.15) is 0 Å². The zero-order valence-corrected chi connectivity index (χ0v) is 11.3. The van der Waals surface area contributed by atoms with Crippen LogP contribution in [0.4, 0.5) is 11.4 Å². The lowest BCUT2D eigenvalue weighted by Crippen LogP contribution is -2.02. The minimum Gasteiger partial charge on any atom is -0.867 e. The molecule has 0 saturated carbocycles. The van der Waals surface area contributed by atoms with Crippen LogP contribution < -0.4 is 5.11 Å². The molecule has 0 spiro atoms. The summed E-state index contributed by atoms with van der Waals surface area (Å²) in [4.78, 5) is 14.1. The maximum absolute atomic E-state index is 11.8. The van der Waals surface area contributed by atoms with E-state index in [0.29, 0.717) is 5.69 Å². The first-order valence-electron chi connectivity index (χ1n) is 5.73. The number of halogens is 1. The lowest BCUT2D eigenvalue weighted by atomic mass is 10.2. The van der Waals surface area contributed by atoms with Gasteiger partial charge >= 0.3 is 0 Å². The van der Waals surface area contributed by atoms with Crippen molar-refractivity contribution in [1.82, 2.24) is 0 Å². The SMILES string of the molecule is Cc1ccc(N=Cc2cc(Cl)cc([N+](=O)[O-])c2[O-])cc1. The Morgan fingerprint density at radius 2 is 1.90 bits per heavy atom. The molecule has 0 unspecified atom stereocenters. The van der Waals surface area contributed by atoms with Crippen molar-refractivity contribution in [3.63, 3.8) is 0 Å². The Balaban J connectivity index is 2.38. The van der Waals surface area contributed by atoms with E-state index in [-0.39, 0.29) is 10.6 Å². The summed E-state index contributed by atoms with van der Waals surface area (Å²) in [6.07, 6.45) is 1.28. The molecule has 6 heteroatoms. The number of hydrogen-bond acceptors (Lipinski definition) is 4. The molecule has 0 aliphatic rings. The molecule has 102 valence electrons. The number of nitro groups is 1. The van der Waals surface area contributed by atoms with Gasteiger partial charge in [0.05, 0.1) is 10.6 Å². The van der Waals surface area contributed by atoms with Crippen molar-refractivity contribution in [2.45, 2.75) is 6.92 Å². The van der Waals surface area contributed by atoms with E-state index in [2.05, 4.69) is 4.99 Å². The van der Waals surface area contributed by atoms with E-state index in [1.807, 2.05) is 19.1 Å². The lowest BCUT2D eigenvalue weighted by Gasteiger charge is -2.10. The van der Waals surface area contributed by atoms with Crippen molar-refractivity contribution >= 4 is 29.2 Å². The van der Waals surface area contributed by atoms with Gasteiger partial charge in [-0.2, -0.15) is 0 Å². The van der Waals surface area contributed by atoms with Crippen molar-refractivity contribution in [3.8, 4) is 5.75 Å². The summed E-state index contributed by atoms with van der Waals surface area (Å²) < 4.78 is 0. The molecule has 0 aliphatic carbocycles. The van der Waals surface area contributed by atoms with Crippen molar-refractivity contribution < 1.29 is 10.0 Å². The summed E-state index contributed by atoms with van der Waals surface area (Å²) in [5.74, 6) is -0.699. The highest BCUT2D eigenvalue weighted by molar-refractivity contribution is 6.31. The fourth-order valence-electron chi connectivity index (χ4n) is 1.61. The zero-order chi connectivity index (χ0) is 14.7. The smallest absolute Gasteiger partial charge is 0.263 e. The van der Waals surface area contributed by atoms with Crippen LogP contribution in [0.15, 0.2) is 41.4 Å². The molecule has 0 bridgehead atoms. The number of aliphatic imine (C=N–C) groups is 1. The minimum absolute atomic E-state index is 0.0878. The number of nitrogens with zero attached hydrogens (tertiary/aromatic N) is 2. The molecule has 0 radical (unpaired) electrons. The minimum atomic E-state index is -0.753. The molecule has 0 aromatic heterocycles. The molecule has 0 saturated heterocycles. The summed E-state index contributed by atoms with van der Waals surface area (Å²) >= 11 is 5.76. The number of hydrogen-bond donors (Lipinski definition) is 0. The second kappa shape index (κ2) is 5.71. The van der Waals surface area contributed by atoms with Crippen LogP contribution in [-0.4, -0.2) is 11.1 Å². The van der Waals surface area contributed by atoms with E-state index in [0.717, 1.165) is 11.6 Å². The Labute approximate surface area is 120 Å². The van der Waals surface area contributed by atoms with Gasteiger partial charge in [-0.25, -0.2) is 0 Å². The summed E-state index contributed by atoms with van der Waals surface area (Å²) in [5.41, 5.74) is 1.28. The second-order valence-electron chi connectivity index (χ2n) is 4.19. The first-order chi connectivity index (χ1) is 9.47. The van der Waals surface area contributed by atoms with Crippen molar-refractivity contribution in [2.24, 2.45) is 4.99 Å². The summed E-state index contributed by atoms with van der Waals surface area (Å²) in [6, 6.07) is 9.72. The van der Waals surface area contributed by atoms with Crippen molar-refractivity contribution in [2.75, 3.05) is 0 Å². The summed E-state index contributed by atoms with van der Waals surface area (Å²) in [5, 5.41) is 22.7. The van der Waals surface area contributed by atoms with E-state index >= 15 is 0 Å². The third kappa shape index (κ3) is 3.13. The monoisotopic (exact) mass is 289 g/mol. The summed E-state index contributed by atoms with van der Waals surface area (Å²) in [6.45, 7) is 1.95. The van der Waals surface area contributed by atoms with Gasteiger partial charge in [-0.3, -0.25) is 15.1 Å². The van der Waals surface area contributed by atoms with Gasteiger partial charge in [0.25, 0.3) is 5.69 Å². The van der Waals surface area contributed by atoms with Crippen LogP contribution >= 0.6 is 11.6 Å². The molecule has 2 rings (SSSR count). The largest absolute Gasteiger partial charge is 0.867 e. The van der Waals surface area contributed by atoms with Gasteiger partial charge in [0, 0.05) is 17.3 Å². The molecule has 0 N–H and O–H groups in total. The Bertz CT molecular complexity index is 682. The molecule has 2 aromatic carbocycles. The van der Waals surface area contributed by atoms with Gasteiger partial charge in [0.2, 0.25) is 0 Å². The highest BCUT2D eigenvalue weighted by atomic mass is 35.5. The molecule has 5 nitrogen and oxygen atoms in total. The topological polar surface area (TPSA) is 78.6 Å². The molecular weight excluding hydrogens is 280 g/mol. The number of aryl methyl sites for hydroxylation is 1. The standard InChI is InChI=1S/C14H11ClN2O3/c1-9-2-4-12(5-3-9)16-8-10-6-11(15)7-13(14(10)18)17(19)20/h2-8,18H,1H3/p-1. The molecule has 20 heavy (non-hydrogen) atoms. The zero-order valence-electron chi connectivity index (χ0n) is 10.5. The van der Waals surface area contributed by atoms with Gasteiger partial charge in [0.15, 0.2) is 0 Å². The van der Waals surface area contributed by atoms with Crippen LogP contribution in [0.3, 0.4) is 0 Å². The van der Waals surface area contributed by atoms with Gasteiger partial charge in [-0.1, -0.05) is 29.3 Å². The third-order valence-electron chi connectivity index (χ3n) is 2.65. The maximum atomic E-state index is 11.8. The fraction of sp³-hybridized carbons (Fsp3) is 0.0714. The van der Waals surface area contributed by atoms with Crippen LogP contribution in [0.2, 0.25) is 5.02 Å². The predicted octanol–water partition coefficient (Wildman–Crippen LogP) is 3.38. The Hall–Kier alpha value is -2.40. The normalized spacial score (nSPS) is 10.9. The van der Waals surface area contributed by atoms with E-state index in [1.54, 1.807) is 12.1 Å². The highest BCUT2D eigenvalue weighted by Gasteiger charge is 2.11. The number of benzene rings is 2. The molecular formula is C14H10ClN2O3-. The van der Waals surface area contributed by atoms with Crippen LogP contribution in [0.1, 0.15) is 11.1 Å². The van der Waals surface area contributed by atoms with Gasteiger partial charge in [-0.05, 0) is 36.4 Å². The second-order valence-corrected chi connectivity index (χ2v) is 4.63. The molecule has 0 atom stereocenters. The Kier molecular flexibility index (Phi) is 4.00. The first-order valence-corrected chi connectivity index (χ1v) is 6.11. The van der Waals surface area contributed by atoms with Crippen LogP contribution in [0.25, 0.3) is 0 Å². The first kappa shape index (κ1) is 14.0. The average molecular weight is 290 g/mol. The van der Waals surface area contributed by atoms with E-state index in [1.165, 1.54) is 12.3 Å².